The zero-order chi connectivity index (χ0) is 17.1. The van der Waals surface area contributed by atoms with E-state index >= 15 is 0 Å². The van der Waals surface area contributed by atoms with Crippen molar-refractivity contribution in [2.75, 3.05) is 18.4 Å². The van der Waals surface area contributed by atoms with Crippen molar-refractivity contribution < 1.29 is 14.1 Å². The molecule has 1 aromatic carbocycles. The second kappa shape index (κ2) is 7.00. The number of anilines is 1. The lowest BCUT2D eigenvalue weighted by Gasteiger charge is -2.30. The summed E-state index contributed by atoms with van der Waals surface area (Å²) in [6.45, 7) is 2.68. The minimum atomic E-state index is -0.667. The fourth-order valence-electron chi connectivity index (χ4n) is 2.70. The van der Waals surface area contributed by atoms with Gasteiger partial charge in [0.1, 0.15) is 0 Å². The van der Waals surface area contributed by atoms with Crippen molar-refractivity contribution in [3.05, 3.63) is 41.0 Å². The number of rotatable bonds is 2. The summed E-state index contributed by atoms with van der Waals surface area (Å²) in [5.41, 5.74) is 0.527. The Morgan fingerprint density at radius 1 is 1.33 bits per heavy atom. The van der Waals surface area contributed by atoms with Gasteiger partial charge < -0.3 is 14.7 Å². The number of hydrogen-bond donors (Lipinski definition) is 1. The molecule has 1 unspecified atom stereocenters. The second-order valence-electron chi connectivity index (χ2n) is 5.73. The van der Waals surface area contributed by atoms with Crippen LogP contribution in [0.15, 0.2) is 28.8 Å². The Morgan fingerprint density at radius 2 is 2.08 bits per heavy atom. The molecule has 1 aliphatic rings. The van der Waals surface area contributed by atoms with Crippen molar-refractivity contribution in [3.8, 4) is 0 Å². The van der Waals surface area contributed by atoms with Gasteiger partial charge in [-0.1, -0.05) is 16.8 Å². The van der Waals surface area contributed by atoms with Gasteiger partial charge in [-0.2, -0.15) is 4.98 Å². The third-order valence-electron chi connectivity index (χ3n) is 3.90. The van der Waals surface area contributed by atoms with Crippen molar-refractivity contribution in [3.63, 3.8) is 0 Å². The molecule has 0 aliphatic carbocycles. The lowest BCUT2D eigenvalue weighted by molar-refractivity contribution is -0.144. The summed E-state index contributed by atoms with van der Waals surface area (Å²) in [6.07, 6.45) is 1.64. The fraction of sp³-hybridized carbons (Fsp3) is 0.375. The molecule has 2 aromatic rings. The van der Waals surface area contributed by atoms with Crippen LogP contribution in [-0.2, 0) is 9.59 Å². The number of benzene rings is 1. The van der Waals surface area contributed by atoms with E-state index in [0.29, 0.717) is 35.5 Å². The summed E-state index contributed by atoms with van der Waals surface area (Å²) in [6, 6.07) is 6.59. The molecule has 0 bridgehead atoms. The first-order chi connectivity index (χ1) is 11.5. The first-order valence-corrected chi connectivity index (χ1v) is 8.07. The van der Waals surface area contributed by atoms with E-state index in [1.807, 2.05) is 0 Å². The van der Waals surface area contributed by atoms with E-state index in [1.54, 1.807) is 31.2 Å². The lowest BCUT2D eigenvalue weighted by atomic mass is 9.98. The molecular weight excluding hydrogens is 332 g/mol. The van der Waals surface area contributed by atoms with Gasteiger partial charge in [-0.25, -0.2) is 0 Å². The van der Waals surface area contributed by atoms with Gasteiger partial charge in [0.25, 0.3) is 0 Å². The molecule has 1 fully saturated rings. The van der Waals surface area contributed by atoms with Crippen molar-refractivity contribution in [1.82, 2.24) is 15.0 Å². The largest absolute Gasteiger partial charge is 0.339 e. The molecular formula is C16H17ClN4O3. The summed E-state index contributed by atoms with van der Waals surface area (Å²) in [5, 5.41) is 6.93. The first-order valence-electron chi connectivity index (χ1n) is 7.69. The van der Waals surface area contributed by atoms with E-state index in [4.69, 9.17) is 16.1 Å². The highest BCUT2D eigenvalue weighted by molar-refractivity contribution is 6.39. The van der Waals surface area contributed by atoms with Crippen molar-refractivity contribution in [1.29, 1.82) is 0 Å². The van der Waals surface area contributed by atoms with Crippen LogP contribution in [0.1, 0.15) is 30.5 Å². The summed E-state index contributed by atoms with van der Waals surface area (Å²) < 4.78 is 5.19. The van der Waals surface area contributed by atoms with Crippen LogP contribution in [0.5, 0.6) is 0 Å². The lowest BCUT2D eigenvalue weighted by Crippen LogP contribution is -2.44. The number of hydrogen-bond acceptors (Lipinski definition) is 5. The maximum atomic E-state index is 12.4. The standard InChI is InChI=1S/C16H17ClN4O3/c1-10-18-15(24-20-10)11-3-2-8-21(9-11)16(23)14(22)19-13-6-4-12(17)5-7-13/h4-7,11H,2-3,8-9H2,1H3,(H,19,22). The van der Waals surface area contributed by atoms with E-state index in [2.05, 4.69) is 15.5 Å². The highest BCUT2D eigenvalue weighted by atomic mass is 35.5. The topological polar surface area (TPSA) is 88.3 Å². The van der Waals surface area contributed by atoms with Crippen LogP contribution < -0.4 is 5.32 Å². The van der Waals surface area contributed by atoms with Crippen molar-refractivity contribution >= 4 is 29.1 Å². The molecule has 126 valence electrons. The minimum absolute atomic E-state index is 0.0350. The Morgan fingerprint density at radius 3 is 2.75 bits per heavy atom. The molecule has 2 amide bonds. The monoisotopic (exact) mass is 348 g/mol. The van der Waals surface area contributed by atoms with E-state index < -0.39 is 11.8 Å². The summed E-state index contributed by atoms with van der Waals surface area (Å²) in [4.78, 5) is 30.3. The third-order valence-corrected chi connectivity index (χ3v) is 4.15. The van der Waals surface area contributed by atoms with Gasteiger partial charge in [-0.15, -0.1) is 0 Å². The maximum Gasteiger partial charge on any atom is 0.313 e. The smallest absolute Gasteiger partial charge is 0.313 e. The number of nitrogens with one attached hydrogen (secondary N) is 1. The number of aromatic nitrogens is 2. The van der Waals surface area contributed by atoms with Crippen molar-refractivity contribution in [2.24, 2.45) is 0 Å². The van der Waals surface area contributed by atoms with Gasteiger partial charge >= 0.3 is 11.8 Å². The number of carbonyl (C=O) groups is 2. The van der Waals surface area contributed by atoms with Gasteiger partial charge in [0, 0.05) is 23.8 Å². The Labute approximate surface area is 144 Å². The van der Waals surface area contributed by atoms with E-state index in [-0.39, 0.29) is 5.92 Å². The molecule has 7 nitrogen and oxygen atoms in total. The summed E-state index contributed by atoms with van der Waals surface area (Å²) >= 11 is 5.80. The Kier molecular flexibility index (Phi) is 4.80. The maximum absolute atomic E-state index is 12.4. The fourth-order valence-corrected chi connectivity index (χ4v) is 2.83. The third kappa shape index (κ3) is 3.73. The number of likely N-dealkylation sites (tertiary alicyclic amines) is 1. The minimum Gasteiger partial charge on any atom is -0.339 e. The molecule has 0 saturated carbocycles. The van der Waals surface area contributed by atoms with Gasteiger partial charge in [-0.3, -0.25) is 9.59 Å². The van der Waals surface area contributed by atoms with E-state index in [1.165, 1.54) is 4.90 Å². The first kappa shape index (κ1) is 16.4. The average molecular weight is 349 g/mol. The highest BCUT2D eigenvalue weighted by Gasteiger charge is 2.31. The van der Waals surface area contributed by atoms with E-state index in [9.17, 15) is 9.59 Å². The Balaban J connectivity index is 1.63. The molecule has 0 radical (unpaired) electrons. The SMILES string of the molecule is Cc1noc(C2CCCN(C(=O)C(=O)Nc3ccc(Cl)cc3)C2)n1. The number of piperidine rings is 1. The molecule has 1 aliphatic heterocycles. The molecule has 1 N–H and O–H groups in total. The number of aryl methyl sites for hydroxylation is 1. The van der Waals surface area contributed by atoms with Gasteiger partial charge in [0.05, 0.1) is 5.92 Å². The predicted molar refractivity (Wildman–Crippen MR) is 87.7 cm³/mol. The molecule has 1 aromatic heterocycles. The molecule has 8 heteroatoms. The zero-order valence-electron chi connectivity index (χ0n) is 13.2. The van der Waals surface area contributed by atoms with Crippen LogP contribution in [0, 0.1) is 6.92 Å². The van der Waals surface area contributed by atoms with Crippen LogP contribution in [0.25, 0.3) is 0 Å². The molecule has 0 spiro atoms. The molecule has 2 heterocycles. The van der Waals surface area contributed by atoms with Gasteiger partial charge in [-0.05, 0) is 44.0 Å². The highest BCUT2D eigenvalue weighted by Crippen LogP contribution is 2.25. The van der Waals surface area contributed by atoms with Crippen LogP contribution in [0.3, 0.4) is 0 Å². The van der Waals surface area contributed by atoms with E-state index in [0.717, 1.165) is 12.8 Å². The molecule has 24 heavy (non-hydrogen) atoms. The van der Waals surface area contributed by atoms with Gasteiger partial charge in [0.2, 0.25) is 5.89 Å². The Hall–Kier alpha value is -2.41. The quantitative estimate of drug-likeness (QED) is 0.842. The zero-order valence-corrected chi connectivity index (χ0v) is 13.9. The van der Waals surface area contributed by atoms with Crippen LogP contribution in [0.4, 0.5) is 5.69 Å². The number of carbonyl (C=O) groups excluding carboxylic acids is 2. The molecule has 1 saturated heterocycles. The summed E-state index contributed by atoms with van der Waals surface area (Å²) in [5.74, 6) is -0.185. The van der Waals surface area contributed by atoms with Crippen LogP contribution in [-0.4, -0.2) is 39.9 Å². The average Bonchev–Trinajstić information content (AvgIpc) is 3.03. The number of nitrogens with zero attached hydrogens (tertiary/aromatic N) is 3. The predicted octanol–water partition coefficient (Wildman–Crippen LogP) is 2.38. The van der Waals surface area contributed by atoms with Crippen molar-refractivity contribution in [2.45, 2.75) is 25.7 Å². The van der Waals surface area contributed by atoms with Crippen LogP contribution in [0.2, 0.25) is 5.02 Å². The Bertz CT molecular complexity index is 744. The number of amides is 2. The second-order valence-corrected chi connectivity index (χ2v) is 6.17. The molecule has 3 rings (SSSR count). The van der Waals surface area contributed by atoms with Crippen LogP contribution >= 0.6 is 11.6 Å². The summed E-state index contributed by atoms with van der Waals surface area (Å²) in [7, 11) is 0. The number of halogens is 1. The molecule has 1 atom stereocenters. The normalized spacial score (nSPS) is 17.6. The van der Waals surface area contributed by atoms with Gasteiger partial charge in [0.15, 0.2) is 5.82 Å².